The number of fused-ring (bicyclic) bond motifs is 1. The molecule has 1 fully saturated rings. The molecule has 0 saturated carbocycles. The SMILES string of the molecule is Cc1ccc(S(=O)(=O)OCC(Cn2c(-c3ccc(-c4ccc(N(C)C)nc4)cc3)cc3ccncc32)OC2CCCCO2)cc1. The van der Waals surface area contributed by atoms with Gasteiger partial charge < -0.3 is 18.9 Å². The standard InChI is InChI=1S/C35H38N4O5S/c1-25-7-14-31(15-8-25)45(40,41)43-24-30(44-35-6-4-5-19-42-35)23-39-32(20-28-17-18-36-22-33(28)39)27-11-9-26(10-12-27)29-13-16-34(37-21-29)38(2)3/h7-18,20-22,30,35H,4-6,19,23-24H2,1-3H3. The Morgan fingerprint density at radius 2 is 1.71 bits per heavy atom. The average Bonchev–Trinajstić information content (AvgIpc) is 3.42. The van der Waals surface area contributed by atoms with E-state index >= 15 is 0 Å². The van der Waals surface area contributed by atoms with Crippen LogP contribution in [-0.2, 0) is 30.3 Å². The maximum Gasteiger partial charge on any atom is 0.297 e. The lowest BCUT2D eigenvalue weighted by Gasteiger charge is -2.28. The van der Waals surface area contributed by atoms with Crippen LogP contribution in [0.4, 0.5) is 5.82 Å². The fourth-order valence-electron chi connectivity index (χ4n) is 5.50. The first kappa shape index (κ1) is 30.9. The van der Waals surface area contributed by atoms with E-state index in [4.69, 9.17) is 13.7 Å². The van der Waals surface area contributed by atoms with Crippen LogP contribution in [0.1, 0.15) is 24.8 Å². The zero-order valence-corrected chi connectivity index (χ0v) is 26.6. The molecule has 1 saturated heterocycles. The van der Waals surface area contributed by atoms with Gasteiger partial charge in [0.15, 0.2) is 6.29 Å². The van der Waals surface area contributed by atoms with Gasteiger partial charge in [0, 0.05) is 49.7 Å². The van der Waals surface area contributed by atoms with E-state index in [1.165, 1.54) is 0 Å². The minimum absolute atomic E-state index is 0.115. The molecule has 0 N–H and O–H groups in total. The summed E-state index contributed by atoms with van der Waals surface area (Å²) in [6.07, 6.45) is 7.15. The Morgan fingerprint density at radius 1 is 0.956 bits per heavy atom. The summed E-state index contributed by atoms with van der Waals surface area (Å²) in [6.45, 7) is 2.70. The highest BCUT2D eigenvalue weighted by atomic mass is 32.2. The molecule has 1 aliphatic heterocycles. The first-order valence-corrected chi connectivity index (χ1v) is 16.6. The summed E-state index contributed by atoms with van der Waals surface area (Å²) in [7, 11) is -0.0445. The van der Waals surface area contributed by atoms with Gasteiger partial charge >= 0.3 is 0 Å². The zero-order valence-electron chi connectivity index (χ0n) is 25.8. The predicted molar refractivity (Wildman–Crippen MR) is 176 cm³/mol. The van der Waals surface area contributed by atoms with E-state index in [-0.39, 0.29) is 11.5 Å². The number of hydrogen-bond acceptors (Lipinski definition) is 8. The number of anilines is 1. The van der Waals surface area contributed by atoms with Crippen LogP contribution >= 0.6 is 0 Å². The van der Waals surface area contributed by atoms with Crippen molar-refractivity contribution in [3.05, 3.63) is 97.0 Å². The van der Waals surface area contributed by atoms with Crippen molar-refractivity contribution in [1.82, 2.24) is 14.5 Å². The quantitative estimate of drug-likeness (QED) is 0.154. The molecule has 4 heterocycles. The van der Waals surface area contributed by atoms with E-state index in [1.54, 1.807) is 30.5 Å². The highest BCUT2D eigenvalue weighted by molar-refractivity contribution is 7.86. The van der Waals surface area contributed by atoms with Gasteiger partial charge in [0.2, 0.25) is 0 Å². The summed E-state index contributed by atoms with van der Waals surface area (Å²) < 4.78 is 46.2. The van der Waals surface area contributed by atoms with Gasteiger partial charge in [-0.2, -0.15) is 8.42 Å². The van der Waals surface area contributed by atoms with Crippen molar-refractivity contribution in [2.24, 2.45) is 0 Å². The fraction of sp³-hybridized carbons (Fsp3) is 0.314. The first-order chi connectivity index (χ1) is 21.8. The molecule has 45 heavy (non-hydrogen) atoms. The molecule has 0 bridgehead atoms. The molecule has 9 nitrogen and oxygen atoms in total. The molecule has 2 aromatic carbocycles. The second-order valence-corrected chi connectivity index (χ2v) is 13.2. The number of rotatable bonds is 11. The van der Waals surface area contributed by atoms with E-state index in [2.05, 4.69) is 50.9 Å². The van der Waals surface area contributed by atoms with Crippen molar-refractivity contribution in [2.75, 3.05) is 32.2 Å². The molecule has 0 spiro atoms. The Hall–Kier alpha value is -4.09. The highest BCUT2D eigenvalue weighted by Crippen LogP contribution is 2.31. The lowest BCUT2D eigenvalue weighted by atomic mass is 10.0. The van der Waals surface area contributed by atoms with Gasteiger partial charge in [-0.15, -0.1) is 0 Å². The molecule has 234 valence electrons. The first-order valence-electron chi connectivity index (χ1n) is 15.2. The number of pyridine rings is 2. The van der Waals surface area contributed by atoms with Crippen molar-refractivity contribution in [2.45, 2.75) is 50.0 Å². The van der Waals surface area contributed by atoms with Crippen molar-refractivity contribution in [1.29, 1.82) is 0 Å². The van der Waals surface area contributed by atoms with Crippen LogP contribution in [0.2, 0.25) is 0 Å². The maximum absolute atomic E-state index is 13.1. The van der Waals surface area contributed by atoms with E-state index in [1.807, 2.05) is 50.4 Å². The normalized spacial score (nSPS) is 16.1. The maximum atomic E-state index is 13.1. The molecule has 10 heteroatoms. The number of hydrogen-bond donors (Lipinski definition) is 0. The third-order valence-electron chi connectivity index (χ3n) is 8.01. The van der Waals surface area contributed by atoms with E-state index < -0.39 is 22.5 Å². The lowest BCUT2D eigenvalue weighted by Crippen LogP contribution is -2.34. The molecule has 0 aliphatic carbocycles. The number of aromatic nitrogens is 3. The molecular weight excluding hydrogens is 588 g/mol. The average molecular weight is 627 g/mol. The summed E-state index contributed by atoms with van der Waals surface area (Å²) >= 11 is 0. The minimum atomic E-state index is -3.99. The summed E-state index contributed by atoms with van der Waals surface area (Å²) in [4.78, 5) is 11.0. The summed E-state index contributed by atoms with van der Waals surface area (Å²) in [6, 6.07) is 23.2. The van der Waals surface area contributed by atoms with Gasteiger partial charge in [0.1, 0.15) is 11.9 Å². The van der Waals surface area contributed by atoms with Crippen molar-refractivity contribution in [3.8, 4) is 22.4 Å². The van der Waals surface area contributed by atoms with Crippen molar-refractivity contribution in [3.63, 3.8) is 0 Å². The van der Waals surface area contributed by atoms with Crippen LogP contribution in [0.5, 0.6) is 0 Å². The molecular formula is C35H38N4O5S. The predicted octanol–water partition coefficient (Wildman–Crippen LogP) is 6.46. The van der Waals surface area contributed by atoms with Gasteiger partial charge in [-0.05, 0) is 73.7 Å². The largest absolute Gasteiger partial charge is 0.363 e. The molecule has 2 unspecified atom stereocenters. The van der Waals surface area contributed by atoms with Crippen LogP contribution in [0.15, 0.2) is 96.3 Å². The van der Waals surface area contributed by atoms with Crippen LogP contribution in [0.25, 0.3) is 33.3 Å². The summed E-state index contributed by atoms with van der Waals surface area (Å²) in [5, 5.41) is 1.02. The van der Waals surface area contributed by atoms with E-state index in [9.17, 15) is 8.42 Å². The monoisotopic (exact) mass is 626 g/mol. The van der Waals surface area contributed by atoms with Crippen molar-refractivity contribution < 1.29 is 22.1 Å². The Kier molecular flexibility index (Phi) is 9.27. The molecule has 5 aromatic rings. The van der Waals surface area contributed by atoms with Gasteiger partial charge in [-0.25, -0.2) is 4.98 Å². The Morgan fingerprint density at radius 3 is 2.40 bits per heavy atom. The molecule has 6 rings (SSSR count). The Labute approximate surface area is 264 Å². The Balaban J connectivity index is 1.29. The lowest BCUT2D eigenvalue weighted by molar-refractivity contribution is -0.195. The van der Waals surface area contributed by atoms with Crippen LogP contribution in [0, 0.1) is 6.92 Å². The second-order valence-electron chi connectivity index (χ2n) is 11.6. The van der Waals surface area contributed by atoms with Crippen molar-refractivity contribution >= 4 is 26.8 Å². The summed E-state index contributed by atoms with van der Waals surface area (Å²) in [5.41, 5.74) is 5.95. The number of benzene rings is 2. The number of ether oxygens (including phenoxy) is 2. The van der Waals surface area contributed by atoms with E-state index in [0.717, 1.165) is 63.9 Å². The van der Waals surface area contributed by atoms with Gasteiger partial charge in [-0.3, -0.25) is 9.17 Å². The highest BCUT2D eigenvalue weighted by Gasteiger charge is 2.25. The third-order valence-corrected chi connectivity index (χ3v) is 9.31. The van der Waals surface area contributed by atoms with Gasteiger partial charge in [0.25, 0.3) is 10.1 Å². The third kappa shape index (κ3) is 7.26. The second kappa shape index (κ2) is 13.5. The zero-order chi connectivity index (χ0) is 31.4. The Bertz CT molecular complexity index is 1830. The van der Waals surface area contributed by atoms with Gasteiger partial charge in [0.05, 0.1) is 29.8 Å². The molecule has 3 aromatic heterocycles. The van der Waals surface area contributed by atoms with Gasteiger partial charge in [-0.1, -0.05) is 42.0 Å². The minimum Gasteiger partial charge on any atom is -0.363 e. The number of aryl methyl sites for hydroxylation is 1. The number of nitrogens with zero attached hydrogens (tertiary/aromatic N) is 4. The van der Waals surface area contributed by atoms with Crippen LogP contribution in [0.3, 0.4) is 0 Å². The smallest absolute Gasteiger partial charge is 0.297 e. The molecule has 0 amide bonds. The molecule has 2 atom stereocenters. The summed E-state index contributed by atoms with van der Waals surface area (Å²) in [5.74, 6) is 0.902. The molecule has 0 radical (unpaired) electrons. The van der Waals surface area contributed by atoms with E-state index in [0.29, 0.717) is 13.2 Å². The van der Waals surface area contributed by atoms with Crippen LogP contribution < -0.4 is 4.90 Å². The molecule has 1 aliphatic rings. The fourth-order valence-corrected chi connectivity index (χ4v) is 6.44. The van der Waals surface area contributed by atoms with Crippen LogP contribution in [-0.4, -0.2) is 62.7 Å². The topological polar surface area (TPSA) is 95.8 Å².